The summed E-state index contributed by atoms with van der Waals surface area (Å²) in [4.78, 5) is 12.3. The summed E-state index contributed by atoms with van der Waals surface area (Å²) >= 11 is 0. The molecule has 25 heavy (non-hydrogen) atoms. The molecule has 0 spiro atoms. The zero-order valence-electron chi connectivity index (χ0n) is 13.9. The third-order valence-corrected chi connectivity index (χ3v) is 4.51. The van der Waals surface area contributed by atoms with Gasteiger partial charge in [0, 0.05) is 17.5 Å². The lowest BCUT2D eigenvalue weighted by Gasteiger charge is -2.13. The number of ether oxygens (including phenoxy) is 1. The molecule has 3 rings (SSSR count). The van der Waals surface area contributed by atoms with E-state index in [4.69, 9.17) is 10.00 Å². The minimum atomic E-state index is -0.154. The molecule has 1 fully saturated rings. The molecule has 0 aliphatic heterocycles. The number of nitrogens with zero attached hydrogens (tertiary/aromatic N) is 1. The van der Waals surface area contributed by atoms with Gasteiger partial charge in [0.25, 0.3) is 5.91 Å². The van der Waals surface area contributed by atoms with Crippen molar-refractivity contribution in [2.75, 3.05) is 13.2 Å². The zero-order valence-corrected chi connectivity index (χ0v) is 13.9. The van der Waals surface area contributed by atoms with Crippen molar-refractivity contribution in [3.8, 4) is 11.8 Å². The van der Waals surface area contributed by atoms with Crippen molar-refractivity contribution in [3.63, 3.8) is 0 Å². The molecule has 5 heteroatoms. The second-order valence-electron chi connectivity index (χ2n) is 6.44. The van der Waals surface area contributed by atoms with E-state index in [1.807, 2.05) is 18.2 Å². The summed E-state index contributed by atoms with van der Waals surface area (Å²) in [5.74, 6) is 0.373. The molecule has 2 aromatic carbocycles. The van der Waals surface area contributed by atoms with Crippen molar-refractivity contribution >= 4 is 5.91 Å². The van der Waals surface area contributed by atoms with Crippen LogP contribution in [0.25, 0.3) is 0 Å². The molecular weight excluding hydrogens is 316 g/mol. The zero-order chi connectivity index (χ0) is 17.7. The number of aliphatic hydroxyl groups is 1. The number of nitrogens with one attached hydrogen (secondary N) is 1. The van der Waals surface area contributed by atoms with E-state index in [-0.39, 0.29) is 24.5 Å². The van der Waals surface area contributed by atoms with E-state index in [1.54, 1.807) is 30.3 Å². The van der Waals surface area contributed by atoms with Crippen molar-refractivity contribution < 1.29 is 14.6 Å². The van der Waals surface area contributed by atoms with E-state index in [0.29, 0.717) is 23.4 Å². The molecule has 5 nitrogen and oxygen atoms in total. The Hall–Kier alpha value is -2.84. The monoisotopic (exact) mass is 336 g/mol. The molecule has 0 aromatic heterocycles. The molecule has 0 unspecified atom stereocenters. The van der Waals surface area contributed by atoms with Crippen molar-refractivity contribution in [1.29, 1.82) is 5.26 Å². The number of hydrogen-bond acceptors (Lipinski definition) is 4. The Morgan fingerprint density at radius 2 is 2.04 bits per heavy atom. The number of hydrogen-bond donors (Lipinski definition) is 2. The second kappa shape index (κ2) is 7.37. The molecule has 0 atom stereocenters. The number of rotatable bonds is 7. The maximum atomic E-state index is 12.3. The largest absolute Gasteiger partial charge is 0.488 e. The van der Waals surface area contributed by atoms with E-state index in [2.05, 4.69) is 11.4 Å². The van der Waals surface area contributed by atoms with E-state index < -0.39 is 0 Å². The Morgan fingerprint density at radius 1 is 1.24 bits per heavy atom. The molecule has 2 N–H and O–H groups in total. The molecule has 0 radical (unpaired) electrons. The Kier molecular flexibility index (Phi) is 5.01. The minimum absolute atomic E-state index is 0.111. The summed E-state index contributed by atoms with van der Waals surface area (Å²) in [5.41, 5.74) is 1.78. The van der Waals surface area contributed by atoms with Gasteiger partial charge < -0.3 is 15.2 Å². The average Bonchev–Trinajstić information content (AvgIpc) is 3.45. The van der Waals surface area contributed by atoms with Gasteiger partial charge in [0.2, 0.25) is 0 Å². The maximum Gasteiger partial charge on any atom is 0.251 e. The molecule has 0 saturated heterocycles. The smallest absolute Gasteiger partial charge is 0.251 e. The lowest BCUT2D eigenvalue weighted by molar-refractivity contribution is 0.0935. The van der Waals surface area contributed by atoms with Gasteiger partial charge in [-0.1, -0.05) is 24.3 Å². The molecule has 1 aliphatic rings. The van der Waals surface area contributed by atoms with Gasteiger partial charge in [0.1, 0.15) is 18.4 Å². The van der Waals surface area contributed by atoms with Crippen LogP contribution in [-0.2, 0) is 6.61 Å². The quantitative estimate of drug-likeness (QED) is 0.814. The van der Waals surface area contributed by atoms with Gasteiger partial charge >= 0.3 is 0 Å². The number of carbonyl (C=O) groups excluding carboxylic acids is 1. The third kappa shape index (κ3) is 4.17. The first-order valence-corrected chi connectivity index (χ1v) is 8.26. The Balaban J connectivity index is 1.61. The van der Waals surface area contributed by atoms with Crippen LogP contribution in [-0.4, -0.2) is 24.2 Å². The number of benzene rings is 2. The lowest BCUT2D eigenvalue weighted by Crippen LogP contribution is -2.31. The van der Waals surface area contributed by atoms with Gasteiger partial charge in [0.15, 0.2) is 0 Å². The number of nitriles is 1. The molecule has 1 saturated carbocycles. The van der Waals surface area contributed by atoms with Gasteiger partial charge in [-0.2, -0.15) is 5.26 Å². The van der Waals surface area contributed by atoms with Crippen LogP contribution in [0.5, 0.6) is 5.75 Å². The molecular formula is C20H20N2O3. The van der Waals surface area contributed by atoms with Crippen LogP contribution in [0.2, 0.25) is 0 Å². The van der Waals surface area contributed by atoms with Crippen molar-refractivity contribution in [2.24, 2.45) is 5.41 Å². The highest BCUT2D eigenvalue weighted by atomic mass is 16.5. The first kappa shape index (κ1) is 17.0. The lowest BCUT2D eigenvalue weighted by atomic mass is 10.1. The van der Waals surface area contributed by atoms with Gasteiger partial charge in [0.05, 0.1) is 12.2 Å². The Bertz CT molecular complexity index is 807. The van der Waals surface area contributed by atoms with Crippen LogP contribution >= 0.6 is 0 Å². The first-order valence-electron chi connectivity index (χ1n) is 8.26. The van der Waals surface area contributed by atoms with Crippen LogP contribution < -0.4 is 10.1 Å². The van der Waals surface area contributed by atoms with Crippen LogP contribution in [0.4, 0.5) is 0 Å². The Labute approximate surface area is 146 Å². The fourth-order valence-electron chi connectivity index (χ4n) is 2.59. The van der Waals surface area contributed by atoms with Gasteiger partial charge in [-0.15, -0.1) is 0 Å². The standard InChI is InChI=1S/C20H20N2O3/c21-11-17-5-1-2-7-18(17)25-12-15-4-3-6-16(10-15)19(24)22-13-20(14-23)8-9-20/h1-7,10,23H,8-9,12-14H2,(H,22,24). The topological polar surface area (TPSA) is 82.3 Å². The summed E-state index contributed by atoms with van der Waals surface area (Å²) in [6.45, 7) is 0.887. The predicted molar refractivity (Wildman–Crippen MR) is 93.0 cm³/mol. The van der Waals surface area contributed by atoms with E-state index in [0.717, 1.165) is 18.4 Å². The normalized spacial score (nSPS) is 14.4. The number of amides is 1. The highest BCUT2D eigenvalue weighted by molar-refractivity contribution is 5.94. The summed E-state index contributed by atoms with van der Waals surface area (Å²) in [5, 5.41) is 21.3. The SMILES string of the molecule is N#Cc1ccccc1OCc1cccc(C(=O)NCC2(CO)CC2)c1. The van der Waals surface area contributed by atoms with Gasteiger partial charge in [-0.3, -0.25) is 4.79 Å². The number of carbonyl (C=O) groups is 1. The van der Waals surface area contributed by atoms with Crippen LogP contribution in [0.3, 0.4) is 0 Å². The van der Waals surface area contributed by atoms with Crippen LogP contribution in [0, 0.1) is 16.7 Å². The Morgan fingerprint density at radius 3 is 2.76 bits per heavy atom. The first-order chi connectivity index (χ1) is 12.2. The highest BCUT2D eigenvalue weighted by Gasteiger charge is 2.42. The van der Waals surface area contributed by atoms with Crippen molar-refractivity contribution in [1.82, 2.24) is 5.32 Å². The van der Waals surface area contributed by atoms with E-state index in [1.165, 1.54) is 0 Å². The highest BCUT2D eigenvalue weighted by Crippen LogP contribution is 2.44. The predicted octanol–water partition coefficient (Wildman–Crippen LogP) is 2.64. The summed E-state index contributed by atoms with van der Waals surface area (Å²) in [6.07, 6.45) is 1.91. The summed E-state index contributed by atoms with van der Waals surface area (Å²) < 4.78 is 5.70. The van der Waals surface area contributed by atoms with Crippen molar-refractivity contribution in [2.45, 2.75) is 19.4 Å². The summed E-state index contributed by atoms with van der Waals surface area (Å²) in [7, 11) is 0. The minimum Gasteiger partial charge on any atom is -0.488 e. The molecule has 0 heterocycles. The fraction of sp³-hybridized carbons (Fsp3) is 0.300. The molecule has 1 aliphatic carbocycles. The maximum absolute atomic E-state index is 12.3. The molecule has 1 amide bonds. The number of aliphatic hydroxyl groups excluding tert-OH is 1. The molecule has 2 aromatic rings. The van der Waals surface area contributed by atoms with Crippen LogP contribution in [0.1, 0.15) is 34.3 Å². The van der Waals surface area contributed by atoms with E-state index >= 15 is 0 Å². The third-order valence-electron chi connectivity index (χ3n) is 4.51. The van der Waals surface area contributed by atoms with Crippen LogP contribution in [0.15, 0.2) is 48.5 Å². The van der Waals surface area contributed by atoms with Crippen molar-refractivity contribution in [3.05, 3.63) is 65.2 Å². The van der Waals surface area contributed by atoms with Gasteiger partial charge in [-0.05, 0) is 42.7 Å². The summed E-state index contributed by atoms with van der Waals surface area (Å²) in [6, 6.07) is 16.4. The number of para-hydroxylation sites is 1. The average molecular weight is 336 g/mol. The molecule has 128 valence electrons. The second-order valence-corrected chi connectivity index (χ2v) is 6.44. The molecule has 0 bridgehead atoms. The van der Waals surface area contributed by atoms with Gasteiger partial charge in [-0.25, -0.2) is 0 Å². The van der Waals surface area contributed by atoms with E-state index in [9.17, 15) is 9.90 Å². The fourth-order valence-corrected chi connectivity index (χ4v) is 2.59.